The summed E-state index contributed by atoms with van der Waals surface area (Å²) in [5, 5.41) is 12.3. The zero-order chi connectivity index (χ0) is 24.9. The van der Waals surface area contributed by atoms with Gasteiger partial charge in [-0.25, -0.2) is 0 Å². The molecule has 36 heavy (non-hydrogen) atoms. The Morgan fingerprint density at radius 1 is 0.806 bits per heavy atom. The van der Waals surface area contributed by atoms with Crippen LogP contribution in [0.1, 0.15) is 73.5 Å². The second-order valence-corrected chi connectivity index (χ2v) is 11.0. The van der Waals surface area contributed by atoms with Gasteiger partial charge in [-0.05, 0) is 66.9 Å². The van der Waals surface area contributed by atoms with Crippen molar-refractivity contribution in [3.05, 3.63) is 107 Å². The van der Waals surface area contributed by atoms with Gasteiger partial charge >= 0.3 is 0 Å². The van der Waals surface area contributed by atoms with Crippen molar-refractivity contribution < 1.29 is 9.90 Å². The molecule has 0 spiro atoms. The van der Waals surface area contributed by atoms with E-state index in [-0.39, 0.29) is 29.5 Å². The summed E-state index contributed by atoms with van der Waals surface area (Å²) < 4.78 is 0. The first-order valence-electron chi connectivity index (χ1n) is 13.0. The van der Waals surface area contributed by atoms with Crippen molar-refractivity contribution in [3.8, 4) is 0 Å². The maximum absolute atomic E-state index is 12.4. The molecular weight excluding hydrogens is 466 g/mol. The molecule has 0 radical (unpaired) electrons. The molecule has 3 aromatic rings. The molecule has 0 saturated carbocycles. The van der Waals surface area contributed by atoms with Crippen LogP contribution in [0.5, 0.6) is 0 Å². The van der Waals surface area contributed by atoms with Gasteiger partial charge in [0, 0.05) is 12.0 Å². The van der Waals surface area contributed by atoms with Crippen LogP contribution in [0.4, 0.5) is 0 Å². The Kier molecular flexibility index (Phi) is 9.52. The topological polar surface area (TPSA) is 40.5 Å². The molecule has 1 aliphatic rings. The Morgan fingerprint density at radius 3 is 1.86 bits per heavy atom. The number of nitrogens with zero attached hydrogens (tertiary/aromatic N) is 1. The number of rotatable bonds is 8. The van der Waals surface area contributed by atoms with Crippen molar-refractivity contribution in [1.29, 1.82) is 0 Å². The van der Waals surface area contributed by atoms with Crippen LogP contribution in [0.3, 0.4) is 0 Å². The van der Waals surface area contributed by atoms with Crippen molar-refractivity contribution in [1.82, 2.24) is 4.90 Å². The number of carbonyl (C=O) groups excluding carboxylic acids is 1. The number of halogens is 1. The van der Waals surface area contributed by atoms with Gasteiger partial charge in [-0.3, -0.25) is 4.79 Å². The number of hydrogen-bond donors (Lipinski definition) is 1. The quantitative estimate of drug-likeness (QED) is 0.334. The largest absolute Gasteiger partial charge is 0.380 e. The van der Waals surface area contributed by atoms with Gasteiger partial charge in [0.2, 0.25) is 0 Å². The standard InChI is InChI=1S/C32H39NO2.ClH/c1-31(2,3)26-16-18-28(19-17-26)32(35,27-13-8-5-9-14-27)29-20-23-33(24-21-29)22-10-15-30(34)25-11-6-4-7-12-25;/h4-9,11-14,16-19,29,35H,10,15,20-24H2,1-3H3;1H. The average Bonchev–Trinajstić information content (AvgIpc) is 2.89. The number of benzene rings is 3. The van der Waals surface area contributed by atoms with Gasteiger partial charge in [-0.2, -0.15) is 0 Å². The monoisotopic (exact) mass is 505 g/mol. The second kappa shape index (κ2) is 12.2. The van der Waals surface area contributed by atoms with Gasteiger partial charge < -0.3 is 10.0 Å². The Morgan fingerprint density at radius 2 is 1.31 bits per heavy atom. The molecule has 1 fully saturated rings. The van der Waals surface area contributed by atoms with Gasteiger partial charge in [-0.15, -0.1) is 12.4 Å². The first kappa shape index (κ1) is 28.1. The lowest BCUT2D eigenvalue weighted by Crippen LogP contribution is -2.44. The van der Waals surface area contributed by atoms with E-state index >= 15 is 0 Å². The minimum absolute atomic E-state index is 0. The highest BCUT2D eigenvalue weighted by Crippen LogP contribution is 2.42. The number of likely N-dealkylation sites (tertiary alicyclic amines) is 1. The fraction of sp³-hybridized carbons (Fsp3) is 0.406. The van der Waals surface area contributed by atoms with Crippen LogP contribution in [0.15, 0.2) is 84.9 Å². The molecule has 1 saturated heterocycles. The molecule has 3 nitrogen and oxygen atoms in total. The molecule has 1 heterocycles. The predicted octanol–water partition coefficient (Wildman–Crippen LogP) is 7.02. The lowest BCUT2D eigenvalue weighted by Gasteiger charge is -2.42. The summed E-state index contributed by atoms with van der Waals surface area (Å²) in [5.41, 5.74) is 3.09. The Hall–Kier alpha value is -2.46. The van der Waals surface area contributed by atoms with Gasteiger partial charge in [-0.1, -0.05) is 106 Å². The number of hydrogen-bond acceptors (Lipinski definition) is 3. The average molecular weight is 506 g/mol. The highest BCUT2D eigenvalue weighted by molar-refractivity contribution is 5.95. The normalized spacial score (nSPS) is 16.7. The van der Waals surface area contributed by atoms with E-state index in [0.717, 1.165) is 55.6 Å². The Labute approximate surface area is 223 Å². The molecular formula is C32H40ClNO2. The van der Waals surface area contributed by atoms with Gasteiger partial charge in [0.25, 0.3) is 0 Å². The van der Waals surface area contributed by atoms with Crippen LogP contribution in [-0.2, 0) is 11.0 Å². The van der Waals surface area contributed by atoms with Crippen LogP contribution in [0.25, 0.3) is 0 Å². The maximum Gasteiger partial charge on any atom is 0.162 e. The molecule has 4 rings (SSSR count). The number of Topliss-reactive ketones (excluding diaryl/α,β-unsaturated/α-hetero) is 1. The molecule has 1 aliphatic heterocycles. The molecule has 0 aromatic heterocycles. The van der Waals surface area contributed by atoms with E-state index in [9.17, 15) is 9.90 Å². The Balaban J connectivity index is 0.00000361. The third-order valence-corrected chi connectivity index (χ3v) is 7.56. The van der Waals surface area contributed by atoms with Gasteiger partial charge in [0.05, 0.1) is 0 Å². The van der Waals surface area contributed by atoms with Crippen LogP contribution in [0, 0.1) is 5.92 Å². The zero-order valence-electron chi connectivity index (χ0n) is 21.8. The number of piperidine rings is 1. The molecule has 4 heteroatoms. The van der Waals surface area contributed by atoms with Crippen LogP contribution >= 0.6 is 12.4 Å². The highest BCUT2D eigenvalue weighted by atomic mass is 35.5. The number of aliphatic hydroxyl groups is 1. The smallest absolute Gasteiger partial charge is 0.162 e. The van der Waals surface area contributed by atoms with E-state index in [1.165, 1.54) is 5.56 Å². The summed E-state index contributed by atoms with van der Waals surface area (Å²) in [7, 11) is 0. The molecule has 0 aliphatic carbocycles. The lowest BCUT2D eigenvalue weighted by molar-refractivity contribution is -0.0142. The molecule has 192 valence electrons. The summed E-state index contributed by atoms with van der Waals surface area (Å²) in [6, 6.07) is 28.3. The van der Waals surface area contributed by atoms with Crippen molar-refractivity contribution in [2.45, 2.75) is 57.5 Å². The molecule has 3 aromatic carbocycles. The summed E-state index contributed by atoms with van der Waals surface area (Å²) in [6.45, 7) is 9.46. The van der Waals surface area contributed by atoms with Crippen LogP contribution in [-0.4, -0.2) is 35.4 Å². The predicted molar refractivity (Wildman–Crippen MR) is 151 cm³/mol. The molecule has 0 amide bonds. The van der Waals surface area contributed by atoms with Crippen molar-refractivity contribution in [2.24, 2.45) is 5.92 Å². The van der Waals surface area contributed by atoms with Crippen molar-refractivity contribution >= 4 is 18.2 Å². The summed E-state index contributed by atoms with van der Waals surface area (Å²) in [4.78, 5) is 14.9. The molecule has 1 unspecified atom stereocenters. The number of ketones is 1. The molecule has 0 bridgehead atoms. The van der Waals surface area contributed by atoms with E-state index < -0.39 is 5.60 Å². The summed E-state index contributed by atoms with van der Waals surface area (Å²) in [6.07, 6.45) is 3.31. The molecule has 1 N–H and O–H groups in total. The van der Waals surface area contributed by atoms with Gasteiger partial charge in [0.1, 0.15) is 5.60 Å². The summed E-state index contributed by atoms with van der Waals surface area (Å²) >= 11 is 0. The van der Waals surface area contributed by atoms with Crippen molar-refractivity contribution in [2.75, 3.05) is 19.6 Å². The van der Waals surface area contributed by atoms with Crippen LogP contribution < -0.4 is 0 Å². The van der Waals surface area contributed by atoms with E-state index in [2.05, 4.69) is 62.1 Å². The first-order valence-corrected chi connectivity index (χ1v) is 13.0. The summed E-state index contributed by atoms with van der Waals surface area (Å²) in [5.74, 6) is 0.366. The fourth-order valence-corrected chi connectivity index (χ4v) is 5.36. The second-order valence-electron chi connectivity index (χ2n) is 11.0. The maximum atomic E-state index is 12.4. The minimum atomic E-state index is -1.01. The fourth-order valence-electron chi connectivity index (χ4n) is 5.36. The van der Waals surface area contributed by atoms with E-state index in [1.54, 1.807) is 0 Å². The first-order chi connectivity index (χ1) is 16.8. The van der Waals surface area contributed by atoms with E-state index in [4.69, 9.17) is 0 Å². The van der Waals surface area contributed by atoms with Crippen molar-refractivity contribution in [3.63, 3.8) is 0 Å². The van der Waals surface area contributed by atoms with E-state index in [0.29, 0.717) is 6.42 Å². The molecule has 1 atom stereocenters. The van der Waals surface area contributed by atoms with Crippen LogP contribution in [0.2, 0.25) is 0 Å². The Bertz CT molecular complexity index is 1080. The SMILES string of the molecule is CC(C)(C)c1ccc(C(O)(c2ccccc2)C2CCN(CCCC(=O)c3ccccc3)CC2)cc1.Cl. The third-order valence-electron chi connectivity index (χ3n) is 7.56. The van der Waals surface area contributed by atoms with E-state index in [1.807, 2.05) is 48.5 Å². The third kappa shape index (κ3) is 6.45. The zero-order valence-corrected chi connectivity index (χ0v) is 22.6. The highest BCUT2D eigenvalue weighted by Gasteiger charge is 2.41. The number of carbonyl (C=O) groups is 1. The van der Waals surface area contributed by atoms with Gasteiger partial charge in [0.15, 0.2) is 5.78 Å². The lowest BCUT2D eigenvalue weighted by atomic mass is 9.71. The minimum Gasteiger partial charge on any atom is -0.380 e.